The van der Waals surface area contributed by atoms with Crippen LogP contribution in [0.3, 0.4) is 0 Å². The number of carbonyl (C=O) groups excluding carboxylic acids is 9. The lowest BCUT2D eigenvalue weighted by atomic mass is 9.95. The molecule has 8 aliphatic rings. The molecule has 45 nitrogen and oxygen atoms in total. The van der Waals surface area contributed by atoms with Gasteiger partial charge in [0.1, 0.15) is 162 Å². The van der Waals surface area contributed by atoms with Gasteiger partial charge in [0, 0.05) is 51.5 Å². The molecular weight excluding hydrogens is 1970 g/mol. The van der Waals surface area contributed by atoms with Crippen LogP contribution in [0.5, 0.6) is 69.0 Å². The zero-order valence-electron chi connectivity index (χ0n) is 81.0. The van der Waals surface area contributed by atoms with Crippen LogP contribution in [0.2, 0.25) is 10.0 Å². The Morgan fingerprint density at radius 3 is 1.69 bits per heavy atom. The lowest BCUT2D eigenvalue weighted by Gasteiger charge is -2.44. The van der Waals surface area contributed by atoms with Gasteiger partial charge in [-0.15, -0.1) is 0 Å². The fraction of sp³-hybridized carbons (Fsp3) is 0.490. The van der Waals surface area contributed by atoms with Crippen molar-refractivity contribution >= 4 is 76.4 Å². The highest BCUT2D eigenvalue weighted by molar-refractivity contribution is 6.32. The number of phenolic OH excluding ortho intramolecular Hbond substituents is 4. The zero-order valence-corrected chi connectivity index (χ0v) is 82.5. The van der Waals surface area contributed by atoms with E-state index in [0.717, 1.165) is 136 Å². The number of aliphatic hydroxyl groups is 10. The maximum atomic E-state index is 17.0. The van der Waals surface area contributed by atoms with E-state index in [1.54, 1.807) is 0 Å². The van der Waals surface area contributed by atoms with Crippen LogP contribution in [-0.2, 0) is 68.5 Å². The van der Waals surface area contributed by atoms with Crippen molar-refractivity contribution in [1.82, 2.24) is 57.7 Å². The summed E-state index contributed by atoms with van der Waals surface area (Å²) in [6.07, 6.45) is -24.1. The predicted molar refractivity (Wildman–Crippen MR) is 522 cm³/mol. The number of likely N-dealkylation sites (N-methyl/N-ethyl adjacent to an activating group) is 1. The smallest absolute Gasteiger partial charge is 0.248 e. The third-order valence-corrected chi connectivity index (χ3v) is 26.7. The van der Waals surface area contributed by atoms with Crippen LogP contribution in [0.1, 0.15) is 161 Å². The standard InChI is InChI=1S/C100H127Cl2N13O32/c1-6-114(7-2)30-31-115(28-12-26-103)29-13-27-105-93(134)76(53-34-58(122)43-60(37-53)140-100-88(131)87(130)84(127)72(46-118)145-100)111-97(138)81-89(146-98-79(106-48(5)119)85(128)82(125)70(44-116)143-98)52-20-25-66(62(102)38-52)142-69-41-55-40-68(90(69)147-99-80(86(129)83(126)71(45-117)144-99)108-73(124)15-11-9-8-10-14-47(3)4)141-65-24-16-49(32-61(65)101)33-63-91(132)109-77(95(136)112-78(55)96(137)110-75(94(135)113-81)50-17-21-56(120)22-18-50)54-35-57(121)42-59(36-54)139-67-39-51(19-23-64(67)123)74(104)92(133)107-63/h16-25,32,34-43,47,63,70-72,74-89,98-100,116-118,120-123,125-131H,6-15,26-31,33,44-46,103-104H2,1-5H3,(H,105,134)(H,106,119)(H,107,133)(H,108,124)(H,109,132)(H,110,137)(H,111,138)(H,112,136)(H,113,135). The summed E-state index contributed by atoms with van der Waals surface area (Å²) in [6, 6.07) is 4.96. The predicted octanol–water partition coefficient (Wildman–Crippen LogP) is 1.45. The normalized spacial score (nSPS) is 26.6. The van der Waals surface area contributed by atoms with E-state index in [0.29, 0.717) is 57.9 Å². The maximum absolute atomic E-state index is 17.0. The second-order valence-corrected chi connectivity index (χ2v) is 38.0. The summed E-state index contributed by atoms with van der Waals surface area (Å²) in [5.74, 6) is -16.6. The molecule has 0 aliphatic carbocycles. The van der Waals surface area contributed by atoms with Gasteiger partial charge in [-0.05, 0) is 182 Å². The summed E-state index contributed by atoms with van der Waals surface area (Å²) in [4.78, 5) is 146. The van der Waals surface area contributed by atoms with Crippen molar-refractivity contribution in [2.45, 2.75) is 233 Å². The summed E-state index contributed by atoms with van der Waals surface area (Å²) >= 11 is 14.9. The Morgan fingerprint density at radius 1 is 0.503 bits per heavy atom. The van der Waals surface area contributed by atoms with Crippen molar-refractivity contribution in [2.75, 3.05) is 72.2 Å². The minimum absolute atomic E-state index is 0.0414. The van der Waals surface area contributed by atoms with E-state index in [-0.39, 0.29) is 75.0 Å². The first-order valence-electron chi connectivity index (χ1n) is 48.5. The Morgan fingerprint density at radius 2 is 1.06 bits per heavy atom. The van der Waals surface area contributed by atoms with Gasteiger partial charge in [0.05, 0.1) is 29.9 Å². The van der Waals surface area contributed by atoms with Crippen molar-refractivity contribution in [1.29, 1.82) is 0 Å². The Balaban J connectivity index is 1.04. The molecule has 0 radical (unpaired) electrons. The fourth-order valence-corrected chi connectivity index (χ4v) is 18.4. The number of hydrogen-bond acceptors (Lipinski definition) is 36. The quantitative estimate of drug-likeness (QED) is 0.0250. The van der Waals surface area contributed by atoms with Crippen molar-refractivity contribution in [3.05, 3.63) is 176 Å². The van der Waals surface area contributed by atoms with E-state index in [9.17, 15) is 85.9 Å². The number of nitrogens with zero attached hydrogens (tertiary/aromatic N) is 2. The number of unbranched alkanes of at least 4 members (excludes halogenated alkanes) is 3. The Hall–Kier alpha value is -12.2. The molecule has 8 heterocycles. The van der Waals surface area contributed by atoms with Gasteiger partial charge in [-0.3, -0.25) is 43.2 Å². The highest BCUT2D eigenvalue weighted by atomic mass is 35.5. The molecule has 3 fully saturated rings. The number of aromatic hydroxyl groups is 4. The molecule has 3 saturated heterocycles. The average molecular weight is 2090 g/mol. The molecule has 13 bridgehead atoms. The molecule has 0 saturated carbocycles. The topological polar surface area (TPSA) is 687 Å². The second kappa shape index (κ2) is 51.2. The van der Waals surface area contributed by atoms with Crippen molar-refractivity contribution in [3.63, 3.8) is 0 Å². The molecule has 0 spiro atoms. The van der Waals surface area contributed by atoms with E-state index < -0.39 is 282 Å². The average Bonchev–Trinajstić information content (AvgIpc) is 0.763. The van der Waals surface area contributed by atoms with Crippen LogP contribution in [0, 0.1) is 5.92 Å². The van der Waals surface area contributed by atoms with Gasteiger partial charge in [0.15, 0.2) is 29.3 Å². The van der Waals surface area contributed by atoms with E-state index in [1.165, 1.54) is 30.3 Å². The van der Waals surface area contributed by atoms with Crippen LogP contribution in [0.15, 0.2) is 127 Å². The molecule has 15 rings (SSSR count). The zero-order chi connectivity index (χ0) is 106. The van der Waals surface area contributed by atoms with Gasteiger partial charge >= 0.3 is 0 Å². The van der Waals surface area contributed by atoms with Crippen LogP contribution >= 0.6 is 23.2 Å². The number of amides is 9. The van der Waals surface area contributed by atoms with E-state index in [2.05, 4.69) is 71.5 Å². The Labute approximate surface area is 854 Å². The molecule has 147 heavy (non-hydrogen) atoms. The van der Waals surface area contributed by atoms with Crippen molar-refractivity contribution in [2.24, 2.45) is 17.4 Å². The number of hydrogen-bond donors (Lipinski definition) is 25. The number of nitrogens with two attached hydrogens (primary N) is 2. The SMILES string of the molecule is CCN(CC)CCN(CCCN)CCCNC(=O)C(NC(=O)C1NC(=O)C(c2ccc(O)cc2)NC(=O)C2NC(=O)C3NC(=O)C(Cc4ccc(c(Cl)c4)Oc4cc2cc(c4OC2OC(CO)C(O)C(O)C2NC(=O)CCCCCCC(C)C)Oc2ccc(cc2Cl)C1OC1OC(CO)C(O)C(O)C1NC(C)=O)NC(=O)C(N)c1ccc(O)c(c1)Oc1cc(O)cc3c1)c1cc(O)cc(OC2OC(CO)C(O)C(O)C2O)c1. The van der Waals surface area contributed by atoms with Gasteiger partial charge in [0.25, 0.3) is 0 Å². The first kappa shape index (κ1) is 112. The van der Waals surface area contributed by atoms with Gasteiger partial charge in [0.2, 0.25) is 71.5 Å². The van der Waals surface area contributed by atoms with E-state index in [1.807, 2.05) is 13.8 Å². The molecule has 798 valence electrons. The van der Waals surface area contributed by atoms with Gasteiger partial charge < -0.3 is 183 Å². The summed E-state index contributed by atoms with van der Waals surface area (Å²) in [6.45, 7) is 10.0. The first-order valence-corrected chi connectivity index (χ1v) is 49.2. The molecule has 0 aromatic heterocycles. The second-order valence-electron chi connectivity index (χ2n) is 37.2. The molecule has 7 aromatic carbocycles. The van der Waals surface area contributed by atoms with Crippen LogP contribution in [-0.4, -0.2) is 311 Å². The number of carbonyl (C=O) groups is 9. The van der Waals surface area contributed by atoms with Crippen LogP contribution in [0.4, 0.5) is 0 Å². The molecule has 8 aliphatic heterocycles. The largest absolute Gasteiger partial charge is 0.508 e. The lowest BCUT2D eigenvalue weighted by Crippen LogP contribution is -2.65. The van der Waals surface area contributed by atoms with E-state index >= 15 is 28.8 Å². The number of fused-ring (bicyclic) bond motifs is 15. The van der Waals surface area contributed by atoms with Crippen molar-refractivity contribution < 1.29 is 157 Å². The molecular formula is C100H127Cl2N13O32. The Bertz CT molecular complexity index is 5780. The minimum atomic E-state index is -2.56. The number of nitrogens with one attached hydrogen (secondary N) is 9. The lowest BCUT2D eigenvalue weighted by molar-refractivity contribution is -0.284. The highest BCUT2D eigenvalue weighted by Crippen LogP contribution is 2.50. The Kier molecular flexibility index (Phi) is 39.0. The number of benzene rings is 7. The first-order chi connectivity index (χ1) is 70.2. The summed E-state index contributed by atoms with van der Waals surface area (Å²) in [5.41, 5.74) is 10.9. The highest BCUT2D eigenvalue weighted by Gasteiger charge is 2.52. The fourth-order valence-electron chi connectivity index (χ4n) is 17.9. The molecule has 23 atom stereocenters. The monoisotopic (exact) mass is 2090 g/mol. The molecule has 7 aromatic rings. The summed E-state index contributed by atoms with van der Waals surface area (Å²) in [7, 11) is 0. The molecule has 9 amide bonds. The van der Waals surface area contributed by atoms with Crippen molar-refractivity contribution in [3.8, 4) is 69.0 Å². The van der Waals surface area contributed by atoms with Gasteiger partial charge in [-0.1, -0.05) is 107 Å². The minimum Gasteiger partial charge on any atom is -0.508 e. The third-order valence-electron chi connectivity index (χ3n) is 26.1. The van der Waals surface area contributed by atoms with Crippen LogP contribution in [0.25, 0.3) is 0 Å². The van der Waals surface area contributed by atoms with Gasteiger partial charge in [-0.2, -0.15) is 0 Å². The molecule has 47 heteroatoms. The van der Waals surface area contributed by atoms with Gasteiger partial charge in [-0.25, -0.2) is 0 Å². The maximum Gasteiger partial charge on any atom is 0.248 e. The number of ether oxygens (including phenoxy) is 9. The number of rotatable bonds is 35. The summed E-state index contributed by atoms with van der Waals surface area (Å²) < 4.78 is 57.9. The molecule has 27 N–H and O–H groups in total. The van der Waals surface area contributed by atoms with Crippen LogP contribution < -0.4 is 83.0 Å². The molecule has 23 unspecified atom stereocenters. The van der Waals surface area contributed by atoms with E-state index in [4.69, 9.17) is 77.3 Å². The third kappa shape index (κ3) is 28.1. The number of halogens is 2. The summed E-state index contributed by atoms with van der Waals surface area (Å²) in [5, 5.41) is 182. The number of phenols is 4. The number of aliphatic hydroxyl groups excluding tert-OH is 10.